The van der Waals surface area contributed by atoms with Crippen molar-refractivity contribution in [2.75, 3.05) is 0 Å². The monoisotopic (exact) mass is 810 g/mol. The van der Waals surface area contributed by atoms with Gasteiger partial charge in [-0.2, -0.15) is 0 Å². The van der Waals surface area contributed by atoms with Crippen molar-refractivity contribution in [3.05, 3.63) is 0 Å². The van der Waals surface area contributed by atoms with E-state index in [1.54, 1.807) is 0 Å². The summed E-state index contributed by atoms with van der Waals surface area (Å²) >= 11 is -6.20. The Balaban J connectivity index is 5.94. The number of hydrogen-bond donors (Lipinski definition) is 0. The maximum atomic E-state index is 14.1. The topological polar surface area (TPSA) is 52.6 Å². The van der Waals surface area contributed by atoms with E-state index in [1.165, 1.54) is 64.2 Å². The van der Waals surface area contributed by atoms with Gasteiger partial charge in [0.2, 0.25) is 0 Å². The first kappa shape index (κ1) is 42.5. The third kappa shape index (κ3) is 19.8. The van der Waals surface area contributed by atoms with Crippen LogP contribution in [0.25, 0.3) is 0 Å². The van der Waals surface area contributed by atoms with Crippen LogP contribution in [0.3, 0.4) is 0 Å². The van der Waals surface area contributed by atoms with Crippen LogP contribution >= 0.6 is 0 Å². The van der Waals surface area contributed by atoms with E-state index in [0.29, 0.717) is 0 Å². The Bertz CT molecular complexity index is 611. The molecule has 0 heterocycles. The molecule has 0 aliphatic rings. The zero-order valence-electron chi connectivity index (χ0n) is 29.6. The number of rotatable bonds is 30. The zero-order valence-corrected chi connectivity index (χ0v) is 35.3. The number of hydrogen-bond acceptors (Lipinski definition) is 4. The SMILES string of the molecule is CCCCCCCCC(CC(=O)[O][Sn]([CH2]CCC)([CH2]CCC)[CH2]CCC)C(=O)[O][Sn]([CH2]CCC)([CH2]CCC)[CH2]CCC. The van der Waals surface area contributed by atoms with E-state index in [-0.39, 0.29) is 24.3 Å². The molecular weight excluding hydrogens is 734 g/mol. The fourth-order valence-corrected chi connectivity index (χ4v) is 32.7. The molecule has 0 aromatic heterocycles. The van der Waals surface area contributed by atoms with Gasteiger partial charge in [-0.25, -0.2) is 0 Å². The van der Waals surface area contributed by atoms with Gasteiger partial charge in [0.25, 0.3) is 0 Å². The molecular formula is C36H74O4Sn2. The van der Waals surface area contributed by atoms with Gasteiger partial charge in [0.15, 0.2) is 0 Å². The second kappa shape index (κ2) is 27.8. The van der Waals surface area contributed by atoms with Gasteiger partial charge in [0.05, 0.1) is 0 Å². The van der Waals surface area contributed by atoms with Crippen LogP contribution < -0.4 is 0 Å². The van der Waals surface area contributed by atoms with Crippen LogP contribution in [0.15, 0.2) is 0 Å². The van der Waals surface area contributed by atoms with Gasteiger partial charge in [-0.15, -0.1) is 0 Å². The van der Waals surface area contributed by atoms with Crippen molar-refractivity contribution in [3.63, 3.8) is 0 Å². The molecule has 0 aromatic rings. The van der Waals surface area contributed by atoms with E-state index in [2.05, 4.69) is 48.5 Å². The molecule has 0 radical (unpaired) electrons. The summed E-state index contributed by atoms with van der Waals surface area (Å²) in [4.78, 5) is 27.8. The minimum atomic E-state index is -3.11. The number of unbranched alkanes of at least 4 members (excludes halogenated alkanes) is 11. The Morgan fingerprint density at radius 1 is 0.452 bits per heavy atom. The summed E-state index contributed by atoms with van der Waals surface area (Å²) in [6, 6.07) is 0. The summed E-state index contributed by atoms with van der Waals surface area (Å²) in [6.45, 7) is 15.8. The molecule has 0 N–H and O–H groups in total. The summed E-state index contributed by atoms with van der Waals surface area (Å²) in [7, 11) is 0. The Morgan fingerprint density at radius 3 is 1.17 bits per heavy atom. The Hall–Kier alpha value is 0.537. The average Bonchev–Trinajstić information content (AvgIpc) is 2.99. The molecule has 0 bridgehead atoms. The Labute approximate surface area is 272 Å². The first-order chi connectivity index (χ1) is 20.3. The molecule has 0 rings (SSSR count). The van der Waals surface area contributed by atoms with Gasteiger partial charge < -0.3 is 0 Å². The summed E-state index contributed by atoms with van der Waals surface area (Å²) in [6.07, 6.45) is 22.1. The van der Waals surface area contributed by atoms with Crippen molar-refractivity contribution in [3.8, 4) is 0 Å². The van der Waals surface area contributed by atoms with E-state index in [1.807, 2.05) is 0 Å². The second-order valence-electron chi connectivity index (χ2n) is 13.3. The second-order valence-corrected chi connectivity index (χ2v) is 36.6. The third-order valence-electron chi connectivity index (χ3n) is 9.22. The predicted molar refractivity (Wildman–Crippen MR) is 188 cm³/mol. The van der Waals surface area contributed by atoms with Gasteiger partial charge in [0.1, 0.15) is 0 Å². The standard InChI is InChI=1S/C12H22O4.6C4H9.2Sn/c1-2-3-4-5-6-7-8-10(12(15)16)9-11(13)14;6*1-3-4-2;;/h10H,2-9H2,1H3,(H,13,14)(H,15,16);6*1,3-4H2,2H3;;/q;;;;;;;2*+1/p-2. The van der Waals surface area contributed by atoms with Crippen molar-refractivity contribution in [2.45, 2.75) is 204 Å². The molecule has 0 spiro atoms. The molecule has 250 valence electrons. The summed E-state index contributed by atoms with van der Waals surface area (Å²) in [5.41, 5.74) is 0. The molecule has 4 nitrogen and oxygen atoms in total. The van der Waals surface area contributed by atoms with Gasteiger partial charge in [-0.05, 0) is 0 Å². The Kier molecular flexibility index (Phi) is 28.2. The van der Waals surface area contributed by atoms with Crippen molar-refractivity contribution < 1.29 is 15.7 Å². The molecule has 6 heteroatoms. The summed E-state index contributed by atoms with van der Waals surface area (Å²) in [5, 5.41) is 0. The third-order valence-corrected chi connectivity index (χ3v) is 34.6. The molecule has 0 aliphatic heterocycles. The van der Waals surface area contributed by atoms with Gasteiger partial charge in [-0.1, -0.05) is 0 Å². The Morgan fingerprint density at radius 2 is 0.786 bits per heavy atom. The van der Waals surface area contributed by atoms with Gasteiger partial charge in [-0.3, -0.25) is 0 Å². The first-order valence-electron chi connectivity index (χ1n) is 18.8. The van der Waals surface area contributed by atoms with Crippen molar-refractivity contribution >= 4 is 49.5 Å². The molecule has 0 aromatic carbocycles. The van der Waals surface area contributed by atoms with Crippen molar-refractivity contribution in [1.29, 1.82) is 0 Å². The van der Waals surface area contributed by atoms with E-state index >= 15 is 0 Å². The average molecular weight is 808 g/mol. The van der Waals surface area contributed by atoms with E-state index in [4.69, 9.17) is 6.15 Å². The fourth-order valence-electron chi connectivity index (χ4n) is 6.31. The molecule has 0 saturated heterocycles. The molecule has 42 heavy (non-hydrogen) atoms. The van der Waals surface area contributed by atoms with Crippen LogP contribution in [0.2, 0.25) is 26.6 Å². The molecule has 0 amide bonds. The van der Waals surface area contributed by atoms with E-state index < -0.39 is 37.6 Å². The van der Waals surface area contributed by atoms with E-state index in [9.17, 15) is 9.59 Å². The molecule has 0 saturated carbocycles. The van der Waals surface area contributed by atoms with Crippen LogP contribution in [0.4, 0.5) is 0 Å². The summed E-state index contributed by atoms with van der Waals surface area (Å²) in [5.74, 6) is -0.424. The quantitative estimate of drug-likeness (QED) is 0.0536. The van der Waals surface area contributed by atoms with Crippen LogP contribution in [0.1, 0.15) is 177 Å². The molecule has 0 aliphatic carbocycles. The van der Waals surface area contributed by atoms with Crippen LogP contribution in [-0.4, -0.2) is 49.5 Å². The van der Waals surface area contributed by atoms with Crippen LogP contribution in [0, 0.1) is 5.92 Å². The van der Waals surface area contributed by atoms with Gasteiger partial charge in [0, 0.05) is 0 Å². The first-order valence-corrected chi connectivity index (χ1v) is 33.2. The number of carbonyl (C=O) groups excluding carboxylic acids is 2. The molecule has 1 unspecified atom stereocenters. The van der Waals surface area contributed by atoms with Gasteiger partial charge >= 0.3 is 275 Å². The predicted octanol–water partition coefficient (Wildman–Crippen LogP) is 12.5. The molecule has 1 atom stereocenters. The fraction of sp³-hybridized carbons (Fsp3) is 0.944. The molecule has 0 fully saturated rings. The van der Waals surface area contributed by atoms with E-state index in [0.717, 1.165) is 84.4 Å². The van der Waals surface area contributed by atoms with Crippen molar-refractivity contribution in [1.82, 2.24) is 0 Å². The van der Waals surface area contributed by atoms with Crippen molar-refractivity contribution in [2.24, 2.45) is 5.92 Å². The number of carbonyl (C=O) groups is 2. The maximum absolute atomic E-state index is 14.1. The van der Waals surface area contributed by atoms with Crippen LogP contribution in [0.5, 0.6) is 0 Å². The van der Waals surface area contributed by atoms with Crippen LogP contribution in [-0.2, 0) is 15.7 Å². The zero-order chi connectivity index (χ0) is 31.5. The minimum absolute atomic E-state index is 0.0314. The normalized spacial score (nSPS) is 12.8. The summed E-state index contributed by atoms with van der Waals surface area (Å²) < 4.78 is 20.4.